The van der Waals surface area contributed by atoms with Gasteiger partial charge in [0.15, 0.2) is 0 Å². The van der Waals surface area contributed by atoms with Gasteiger partial charge in [-0.05, 0) is 49.2 Å². The van der Waals surface area contributed by atoms with Crippen LogP contribution in [0.5, 0.6) is 0 Å². The maximum absolute atomic E-state index is 12.7. The van der Waals surface area contributed by atoms with Gasteiger partial charge in [-0.1, -0.05) is 12.1 Å². The molecule has 4 rings (SSSR count). The van der Waals surface area contributed by atoms with E-state index in [9.17, 15) is 14.4 Å². The van der Waals surface area contributed by atoms with Gasteiger partial charge in [-0.25, -0.2) is 5.01 Å². The highest BCUT2D eigenvalue weighted by atomic mass is 16.2. The Morgan fingerprint density at radius 3 is 2.39 bits per heavy atom. The summed E-state index contributed by atoms with van der Waals surface area (Å²) in [5.74, 6) is -0.580. The van der Waals surface area contributed by atoms with Crippen LogP contribution < -0.4 is 20.7 Å². The van der Waals surface area contributed by atoms with Crippen molar-refractivity contribution in [3.05, 3.63) is 54.1 Å². The van der Waals surface area contributed by atoms with Crippen LogP contribution in [-0.2, 0) is 9.59 Å². The molecule has 0 saturated carbocycles. The minimum absolute atomic E-state index is 0.170. The second-order valence-corrected chi connectivity index (χ2v) is 6.98. The van der Waals surface area contributed by atoms with Gasteiger partial charge < -0.3 is 10.2 Å². The molecule has 0 atom stereocenters. The van der Waals surface area contributed by atoms with Crippen LogP contribution in [0.4, 0.5) is 17.1 Å². The van der Waals surface area contributed by atoms with E-state index < -0.39 is 0 Å². The van der Waals surface area contributed by atoms with Crippen molar-refractivity contribution in [3.8, 4) is 0 Å². The molecule has 2 heterocycles. The fraction of sp³-hybridized carbons (Fsp3) is 0.286. The molecular formula is C21H22N4O3. The molecule has 7 heteroatoms. The fourth-order valence-corrected chi connectivity index (χ4v) is 3.55. The molecule has 2 N–H and O–H groups in total. The first-order chi connectivity index (χ1) is 13.6. The average molecular weight is 378 g/mol. The summed E-state index contributed by atoms with van der Waals surface area (Å²) >= 11 is 0. The molecule has 2 saturated heterocycles. The molecule has 3 amide bonds. The zero-order chi connectivity index (χ0) is 19.5. The van der Waals surface area contributed by atoms with Crippen molar-refractivity contribution in [2.45, 2.75) is 25.7 Å². The number of hydrazine groups is 1. The molecule has 0 radical (unpaired) electrons. The molecule has 0 unspecified atom stereocenters. The van der Waals surface area contributed by atoms with Crippen molar-refractivity contribution in [1.82, 2.24) is 5.43 Å². The average Bonchev–Trinajstić information content (AvgIpc) is 3.25. The Morgan fingerprint density at radius 1 is 0.929 bits per heavy atom. The second-order valence-electron chi connectivity index (χ2n) is 6.98. The molecular weight excluding hydrogens is 356 g/mol. The molecule has 0 aliphatic carbocycles. The van der Waals surface area contributed by atoms with E-state index in [1.807, 2.05) is 24.3 Å². The van der Waals surface area contributed by atoms with Crippen LogP contribution in [0, 0.1) is 0 Å². The summed E-state index contributed by atoms with van der Waals surface area (Å²) in [5.41, 5.74) is 5.39. The number of carbonyl (C=O) groups is 3. The lowest BCUT2D eigenvalue weighted by Crippen LogP contribution is -2.50. The van der Waals surface area contributed by atoms with E-state index in [2.05, 4.69) is 15.6 Å². The minimum Gasteiger partial charge on any atom is -0.370 e. The number of carbonyl (C=O) groups excluding carboxylic acids is 3. The Labute approximate surface area is 163 Å². The number of hydrogen-bond donors (Lipinski definition) is 2. The molecule has 144 valence electrons. The van der Waals surface area contributed by atoms with E-state index >= 15 is 0 Å². The van der Waals surface area contributed by atoms with E-state index in [4.69, 9.17) is 0 Å². The Hall–Kier alpha value is -3.35. The molecule has 0 aromatic heterocycles. The van der Waals surface area contributed by atoms with Gasteiger partial charge in [-0.3, -0.25) is 19.8 Å². The van der Waals surface area contributed by atoms with Crippen molar-refractivity contribution in [2.24, 2.45) is 0 Å². The van der Waals surface area contributed by atoms with E-state index in [-0.39, 0.29) is 30.6 Å². The number of anilines is 3. The van der Waals surface area contributed by atoms with Crippen molar-refractivity contribution >= 4 is 34.8 Å². The van der Waals surface area contributed by atoms with Gasteiger partial charge in [0, 0.05) is 31.5 Å². The molecule has 7 nitrogen and oxygen atoms in total. The van der Waals surface area contributed by atoms with Gasteiger partial charge in [0.1, 0.15) is 0 Å². The van der Waals surface area contributed by atoms with E-state index in [1.165, 1.54) is 5.01 Å². The SMILES string of the molecule is O=C1CCC(=O)N(c2ccc(C(=O)Nc3ccccc3N3CCCC3)cc2)N1. The monoisotopic (exact) mass is 378 g/mol. The van der Waals surface area contributed by atoms with Crippen LogP contribution in [0.25, 0.3) is 0 Å². The van der Waals surface area contributed by atoms with Gasteiger partial charge in [0.25, 0.3) is 5.91 Å². The quantitative estimate of drug-likeness (QED) is 0.857. The van der Waals surface area contributed by atoms with Gasteiger partial charge in [0.2, 0.25) is 11.8 Å². The number of amides is 3. The first-order valence-electron chi connectivity index (χ1n) is 9.50. The van der Waals surface area contributed by atoms with Gasteiger partial charge >= 0.3 is 0 Å². The largest absolute Gasteiger partial charge is 0.370 e. The number of hydrogen-bond acceptors (Lipinski definition) is 4. The number of nitrogens with zero attached hydrogens (tertiary/aromatic N) is 2. The van der Waals surface area contributed by atoms with E-state index in [1.54, 1.807) is 24.3 Å². The maximum Gasteiger partial charge on any atom is 0.255 e. The lowest BCUT2D eigenvalue weighted by Gasteiger charge is -2.27. The number of benzene rings is 2. The van der Waals surface area contributed by atoms with Crippen LogP contribution in [0.1, 0.15) is 36.0 Å². The Balaban J connectivity index is 1.49. The minimum atomic E-state index is -0.216. The lowest BCUT2D eigenvalue weighted by molar-refractivity contribution is -0.130. The van der Waals surface area contributed by atoms with Crippen molar-refractivity contribution in [1.29, 1.82) is 0 Å². The Bertz CT molecular complexity index is 904. The summed E-state index contributed by atoms with van der Waals surface area (Å²) in [4.78, 5) is 38.5. The highest BCUT2D eigenvalue weighted by molar-refractivity contribution is 6.06. The highest BCUT2D eigenvalue weighted by Gasteiger charge is 2.24. The smallest absolute Gasteiger partial charge is 0.255 e. The van der Waals surface area contributed by atoms with Crippen LogP contribution in [0.3, 0.4) is 0 Å². The zero-order valence-electron chi connectivity index (χ0n) is 15.5. The lowest BCUT2D eigenvalue weighted by atomic mass is 10.1. The van der Waals surface area contributed by atoms with Crippen LogP contribution in [0.2, 0.25) is 0 Å². The summed E-state index contributed by atoms with van der Waals surface area (Å²) in [7, 11) is 0. The summed E-state index contributed by atoms with van der Waals surface area (Å²) in [6, 6.07) is 14.4. The standard InChI is InChI=1S/C21H22N4O3/c26-19-11-12-20(27)25(23-19)16-9-7-15(8-10-16)21(28)22-17-5-1-2-6-18(17)24-13-3-4-14-24/h1-2,5-10H,3-4,11-14H2,(H,22,28)(H,23,26). The third-order valence-corrected chi connectivity index (χ3v) is 5.04. The Kier molecular flexibility index (Phi) is 4.97. The second kappa shape index (κ2) is 7.72. The first kappa shape index (κ1) is 18.0. The van der Waals surface area contributed by atoms with Crippen LogP contribution >= 0.6 is 0 Å². The van der Waals surface area contributed by atoms with E-state index in [0.29, 0.717) is 11.3 Å². The molecule has 2 fully saturated rings. The number of para-hydroxylation sites is 2. The van der Waals surface area contributed by atoms with Gasteiger partial charge in [-0.15, -0.1) is 0 Å². The number of nitrogens with one attached hydrogen (secondary N) is 2. The van der Waals surface area contributed by atoms with Gasteiger partial charge in [-0.2, -0.15) is 0 Å². The highest BCUT2D eigenvalue weighted by Crippen LogP contribution is 2.29. The van der Waals surface area contributed by atoms with Gasteiger partial charge in [0.05, 0.1) is 17.1 Å². The summed E-state index contributed by atoms with van der Waals surface area (Å²) in [6.45, 7) is 1.99. The van der Waals surface area contributed by atoms with Crippen molar-refractivity contribution in [3.63, 3.8) is 0 Å². The topological polar surface area (TPSA) is 81.8 Å². The molecule has 2 aromatic carbocycles. The molecule has 2 aromatic rings. The summed E-state index contributed by atoms with van der Waals surface area (Å²) < 4.78 is 0. The molecule has 0 spiro atoms. The number of rotatable bonds is 4. The summed E-state index contributed by atoms with van der Waals surface area (Å²) in [6.07, 6.45) is 2.71. The summed E-state index contributed by atoms with van der Waals surface area (Å²) in [5, 5.41) is 4.22. The third-order valence-electron chi connectivity index (χ3n) is 5.04. The molecule has 28 heavy (non-hydrogen) atoms. The maximum atomic E-state index is 12.7. The third kappa shape index (κ3) is 3.69. The Morgan fingerprint density at radius 2 is 1.64 bits per heavy atom. The van der Waals surface area contributed by atoms with Crippen molar-refractivity contribution in [2.75, 3.05) is 28.3 Å². The van der Waals surface area contributed by atoms with Crippen LogP contribution in [-0.4, -0.2) is 30.8 Å². The molecule has 2 aliphatic rings. The zero-order valence-corrected chi connectivity index (χ0v) is 15.5. The molecule has 0 bridgehead atoms. The first-order valence-corrected chi connectivity index (χ1v) is 9.50. The normalized spacial score (nSPS) is 16.9. The van der Waals surface area contributed by atoms with E-state index in [0.717, 1.165) is 37.3 Å². The van der Waals surface area contributed by atoms with Crippen molar-refractivity contribution < 1.29 is 14.4 Å². The predicted octanol–water partition coefficient (Wildman–Crippen LogP) is 2.70. The fourth-order valence-electron chi connectivity index (χ4n) is 3.55. The predicted molar refractivity (Wildman–Crippen MR) is 107 cm³/mol. The van der Waals surface area contributed by atoms with Crippen LogP contribution in [0.15, 0.2) is 48.5 Å². The molecule has 2 aliphatic heterocycles.